The largest absolute Gasteiger partial charge is 0.324 e. The Balaban J connectivity index is 1.52. The normalized spacial score (nSPS) is 11.0. The summed E-state index contributed by atoms with van der Waals surface area (Å²) in [5, 5.41) is 9.22. The quantitative estimate of drug-likeness (QED) is 0.344. The van der Waals surface area contributed by atoms with Gasteiger partial charge >= 0.3 is 0 Å². The zero-order valence-corrected chi connectivity index (χ0v) is 17.0. The van der Waals surface area contributed by atoms with E-state index in [4.69, 9.17) is 23.2 Å². The Kier molecular flexibility index (Phi) is 5.66. The van der Waals surface area contributed by atoms with E-state index in [2.05, 4.69) is 20.4 Å². The Labute approximate surface area is 179 Å². The van der Waals surface area contributed by atoms with Gasteiger partial charge in [-0.2, -0.15) is 5.10 Å². The van der Waals surface area contributed by atoms with Gasteiger partial charge in [-0.1, -0.05) is 35.0 Å². The van der Waals surface area contributed by atoms with E-state index < -0.39 is 0 Å². The van der Waals surface area contributed by atoms with Crippen molar-refractivity contribution < 1.29 is 9.18 Å². The fourth-order valence-electron chi connectivity index (χ4n) is 2.62. The number of halogens is 3. The second kappa shape index (κ2) is 8.36. The molecule has 2 heterocycles. The highest BCUT2D eigenvalue weighted by molar-refractivity contribution is 8.00. The van der Waals surface area contributed by atoms with E-state index in [9.17, 15) is 9.18 Å². The van der Waals surface area contributed by atoms with Crippen LogP contribution in [0.4, 0.5) is 10.1 Å². The van der Waals surface area contributed by atoms with Gasteiger partial charge in [0.1, 0.15) is 17.2 Å². The lowest BCUT2D eigenvalue weighted by Gasteiger charge is -2.08. The summed E-state index contributed by atoms with van der Waals surface area (Å²) in [4.78, 5) is 20.8. The molecule has 0 radical (unpaired) electrons. The second-order valence-electron chi connectivity index (χ2n) is 5.91. The van der Waals surface area contributed by atoms with Crippen LogP contribution in [0, 0.1) is 5.82 Å². The van der Waals surface area contributed by atoms with Gasteiger partial charge in [0.2, 0.25) is 5.91 Å². The van der Waals surface area contributed by atoms with Crippen molar-refractivity contribution in [1.82, 2.24) is 19.7 Å². The van der Waals surface area contributed by atoms with Gasteiger partial charge < -0.3 is 5.32 Å². The first-order valence-corrected chi connectivity index (χ1v) is 10.1. The first kappa shape index (κ1) is 19.6. The predicted molar refractivity (Wildman–Crippen MR) is 112 cm³/mol. The van der Waals surface area contributed by atoms with E-state index in [1.807, 2.05) is 0 Å². The number of carbonyl (C=O) groups is 1. The minimum absolute atomic E-state index is 0.108. The molecule has 4 aromatic rings. The Morgan fingerprint density at radius 3 is 2.72 bits per heavy atom. The van der Waals surface area contributed by atoms with Crippen LogP contribution in [0.2, 0.25) is 10.0 Å². The standard InChI is InChI=1S/C19H12Cl2FN5OS/c20-11-1-6-15(21)16(7-11)26-17(28)9-29-19-14-8-25-27(18(14)23-10-24-19)13-4-2-12(22)3-5-13/h1-8,10H,9H2,(H,26,28). The third-order valence-corrected chi connectivity index (χ3v) is 5.51. The number of carbonyl (C=O) groups excluding carboxylic acids is 1. The molecule has 0 atom stereocenters. The van der Waals surface area contributed by atoms with Crippen molar-refractivity contribution in [3.63, 3.8) is 0 Å². The van der Waals surface area contributed by atoms with Crippen molar-refractivity contribution in [3.05, 3.63) is 70.9 Å². The summed E-state index contributed by atoms with van der Waals surface area (Å²) in [5.41, 5.74) is 1.68. The summed E-state index contributed by atoms with van der Waals surface area (Å²) in [6, 6.07) is 10.8. The van der Waals surface area contributed by atoms with E-state index >= 15 is 0 Å². The number of anilines is 1. The monoisotopic (exact) mass is 447 g/mol. The molecule has 4 rings (SSSR count). The number of hydrogen-bond acceptors (Lipinski definition) is 5. The van der Waals surface area contributed by atoms with Gasteiger partial charge in [0.05, 0.1) is 33.7 Å². The summed E-state index contributed by atoms with van der Waals surface area (Å²) in [7, 11) is 0. The molecule has 0 saturated carbocycles. The molecule has 0 saturated heterocycles. The van der Waals surface area contributed by atoms with Gasteiger partial charge in [0.15, 0.2) is 5.65 Å². The number of benzene rings is 2. The number of amides is 1. The van der Waals surface area contributed by atoms with Gasteiger partial charge in [0, 0.05) is 5.02 Å². The highest BCUT2D eigenvalue weighted by Crippen LogP contribution is 2.28. The number of hydrogen-bond donors (Lipinski definition) is 1. The van der Waals surface area contributed by atoms with Gasteiger partial charge in [-0.05, 0) is 42.5 Å². The minimum Gasteiger partial charge on any atom is -0.324 e. The van der Waals surface area contributed by atoms with Crippen LogP contribution in [0.5, 0.6) is 0 Å². The molecule has 1 amide bonds. The first-order valence-electron chi connectivity index (χ1n) is 8.33. The number of nitrogens with one attached hydrogen (secondary N) is 1. The molecule has 10 heteroatoms. The lowest BCUT2D eigenvalue weighted by Crippen LogP contribution is -2.14. The maximum atomic E-state index is 13.2. The van der Waals surface area contributed by atoms with Crippen LogP contribution >= 0.6 is 35.0 Å². The van der Waals surface area contributed by atoms with Crippen molar-refractivity contribution in [2.45, 2.75) is 5.03 Å². The third-order valence-electron chi connectivity index (χ3n) is 3.94. The zero-order valence-electron chi connectivity index (χ0n) is 14.6. The van der Waals surface area contributed by atoms with Crippen LogP contribution in [0.3, 0.4) is 0 Å². The van der Waals surface area contributed by atoms with Crippen LogP contribution in [-0.2, 0) is 4.79 Å². The van der Waals surface area contributed by atoms with Crippen LogP contribution < -0.4 is 5.32 Å². The third kappa shape index (κ3) is 4.34. The molecular weight excluding hydrogens is 436 g/mol. The summed E-state index contributed by atoms with van der Waals surface area (Å²) >= 11 is 13.3. The van der Waals surface area contributed by atoms with Crippen LogP contribution in [-0.4, -0.2) is 31.4 Å². The smallest absolute Gasteiger partial charge is 0.234 e. The van der Waals surface area contributed by atoms with E-state index in [0.29, 0.717) is 37.5 Å². The SMILES string of the molecule is O=C(CSc1ncnc2c1cnn2-c1ccc(F)cc1)Nc1cc(Cl)ccc1Cl. The predicted octanol–water partition coefficient (Wildman–Crippen LogP) is 4.99. The van der Waals surface area contributed by atoms with Gasteiger partial charge in [-0.25, -0.2) is 19.0 Å². The first-order chi connectivity index (χ1) is 14.0. The van der Waals surface area contributed by atoms with Crippen LogP contribution in [0.1, 0.15) is 0 Å². The van der Waals surface area contributed by atoms with Gasteiger partial charge in [-0.15, -0.1) is 0 Å². The molecule has 0 aliphatic carbocycles. The number of fused-ring (bicyclic) bond motifs is 1. The fourth-order valence-corrected chi connectivity index (χ4v) is 3.72. The van der Waals surface area contributed by atoms with Gasteiger partial charge in [0.25, 0.3) is 0 Å². The highest BCUT2D eigenvalue weighted by Gasteiger charge is 2.14. The van der Waals surface area contributed by atoms with E-state index in [-0.39, 0.29) is 17.5 Å². The highest BCUT2D eigenvalue weighted by atomic mass is 35.5. The Bertz CT molecular complexity index is 1200. The second-order valence-corrected chi connectivity index (χ2v) is 7.72. The topological polar surface area (TPSA) is 72.7 Å². The zero-order chi connectivity index (χ0) is 20.4. The van der Waals surface area contributed by atoms with Crippen molar-refractivity contribution in [3.8, 4) is 5.69 Å². The summed E-state index contributed by atoms with van der Waals surface area (Å²) in [5.74, 6) is -0.477. The number of aromatic nitrogens is 4. The minimum atomic E-state index is -0.332. The Morgan fingerprint density at radius 1 is 1.14 bits per heavy atom. The summed E-state index contributed by atoms with van der Waals surface area (Å²) in [6.07, 6.45) is 3.02. The van der Waals surface area contributed by atoms with Crippen molar-refractivity contribution in [2.75, 3.05) is 11.1 Å². The molecule has 0 aliphatic heterocycles. The van der Waals surface area contributed by atoms with E-state index in [1.165, 1.54) is 30.2 Å². The Morgan fingerprint density at radius 2 is 1.93 bits per heavy atom. The van der Waals surface area contributed by atoms with Crippen molar-refractivity contribution >= 4 is 57.6 Å². The Hall–Kier alpha value is -2.68. The number of nitrogens with zero attached hydrogens (tertiary/aromatic N) is 4. The molecule has 2 aromatic heterocycles. The van der Waals surface area contributed by atoms with E-state index in [0.717, 1.165) is 0 Å². The molecule has 1 N–H and O–H groups in total. The fraction of sp³-hybridized carbons (Fsp3) is 0.0526. The molecule has 6 nitrogen and oxygen atoms in total. The maximum Gasteiger partial charge on any atom is 0.234 e. The molecule has 0 unspecified atom stereocenters. The average Bonchev–Trinajstić information content (AvgIpc) is 3.14. The molecule has 0 bridgehead atoms. The molecular formula is C19H12Cl2FN5OS. The molecule has 2 aromatic carbocycles. The molecule has 29 heavy (non-hydrogen) atoms. The number of rotatable bonds is 5. The average molecular weight is 448 g/mol. The van der Waals surface area contributed by atoms with E-state index in [1.54, 1.807) is 41.2 Å². The van der Waals surface area contributed by atoms with Crippen LogP contribution in [0.15, 0.2) is 60.0 Å². The molecule has 0 fully saturated rings. The van der Waals surface area contributed by atoms with Gasteiger partial charge in [-0.3, -0.25) is 4.79 Å². The number of thioether (sulfide) groups is 1. The molecule has 0 aliphatic rings. The van der Waals surface area contributed by atoms with Crippen molar-refractivity contribution in [2.24, 2.45) is 0 Å². The summed E-state index contributed by atoms with van der Waals surface area (Å²) in [6.45, 7) is 0. The summed E-state index contributed by atoms with van der Waals surface area (Å²) < 4.78 is 14.8. The van der Waals surface area contributed by atoms with Crippen LogP contribution in [0.25, 0.3) is 16.7 Å². The molecule has 146 valence electrons. The maximum absolute atomic E-state index is 13.2. The molecule has 0 spiro atoms. The van der Waals surface area contributed by atoms with Crippen molar-refractivity contribution in [1.29, 1.82) is 0 Å². The lowest BCUT2D eigenvalue weighted by molar-refractivity contribution is -0.113. The lowest BCUT2D eigenvalue weighted by atomic mass is 10.3.